The van der Waals surface area contributed by atoms with Crippen molar-refractivity contribution in [3.8, 4) is 5.75 Å². The minimum absolute atomic E-state index is 0.105. The molecule has 3 heteroatoms. The Labute approximate surface area is 124 Å². The summed E-state index contributed by atoms with van der Waals surface area (Å²) in [6.07, 6.45) is 5.73. The van der Waals surface area contributed by atoms with Gasteiger partial charge in [0.05, 0.1) is 16.5 Å². The molecule has 0 heterocycles. The van der Waals surface area contributed by atoms with Crippen molar-refractivity contribution in [3.63, 3.8) is 0 Å². The lowest BCUT2D eigenvalue weighted by molar-refractivity contribution is 0.315. The molecule has 0 saturated carbocycles. The molecule has 0 saturated heterocycles. The highest BCUT2D eigenvalue weighted by Crippen LogP contribution is 2.33. The van der Waals surface area contributed by atoms with Gasteiger partial charge in [-0.1, -0.05) is 39.2 Å². The van der Waals surface area contributed by atoms with Gasteiger partial charge in [-0.15, -0.1) is 11.6 Å². The second-order valence-electron chi connectivity index (χ2n) is 4.50. The lowest BCUT2D eigenvalue weighted by atomic mass is 10.1. The van der Waals surface area contributed by atoms with Crippen molar-refractivity contribution < 1.29 is 4.74 Å². The first kappa shape index (κ1) is 15.8. The molecule has 1 rings (SSSR count). The molecule has 1 atom stereocenters. The number of hydrogen-bond acceptors (Lipinski definition) is 1. The van der Waals surface area contributed by atoms with Crippen LogP contribution in [0.25, 0.3) is 0 Å². The van der Waals surface area contributed by atoms with Crippen molar-refractivity contribution in [1.82, 2.24) is 0 Å². The maximum atomic E-state index is 6.41. The first-order valence-electron chi connectivity index (χ1n) is 6.75. The molecule has 1 nitrogen and oxygen atoms in total. The summed E-state index contributed by atoms with van der Waals surface area (Å²) in [5, 5.41) is 0.105. The number of ether oxygens (including phenoxy) is 1. The molecule has 1 aromatic rings. The Bertz CT molecular complexity index is 354. The zero-order valence-corrected chi connectivity index (χ0v) is 13.6. The summed E-state index contributed by atoms with van der Waals surface area (Å²) in [4.78, 5) is 0. The number of alkyl halides is 1. The Balaban J connectivity index is 2.59. The van der Waals surface area contributed by atoms with Crippen molar-refractivity contribution in [3.05, 3.63) is 28.2 Å². The van der Waals surface area contributed by atoms with Crippen LogP contribution in [0.2, 0.25) is 0 Å². The van der Waals surface area contributed by atoms with Crippen LogP contribution in [0.5, 0.6) is 5.75 Å². The molecule has 0 aliphatic heterocycles. The van der Waals surface area contributed by atoms with E-state index in [0.717, 1.165) is 29.7 Å². The maximum Gasteiger partial charge on any atom is 0.133 e. The van der Waals surface area contributed by atoms with Crippen LogP contribution in [0, 0.1) is 0 Å². The third kappa shape index (κ3) is 5.19. The van der Waals surface area contributed by atoms with E-state index in [1.165, 1.54) is 24.8 Å². The Morgan fingerprint density at radius 2 is 2.00 bits per heavy atom. The summed E-state index contributed by atoms with van der Waals surface area (Å²) in [6, 6.07) is 6.15. The Hall–Kier alpha value is -0.210. The third-order valence-corrected chi connectivity index (χ3v) is 3.93. The van der Waals surface area contributed by atoms with Crippen molar-refractivity contribution in [2.24, 2.45) is 0 Å². The van der Waals surface area contributed by atoms with Crippen LogP contribution in [0.3, 0.4) is 0 Å². The van der Waals surface area contributed by atoms with E-state index in [4.69, 9.17) is 16.3 Å². The molecule has 0 amide bonds. The second kappa shape index (κ2) is 8.82. The minimum atomic E-state index is 0.105. The SMILES string of the molecule is CCCCCC(Cl)c1ccc(OCCC)c(Br)c1. The fraction of sp³-hybridized carbons (Fsp3) is 0.600. The molecule has 0 bridgehead atoms. The van der Waals surface area contributed by atoms with Gasteiger partial charge in [-0.05, 0) is 46.5 Å². The summed E-state index contributed by atoms with van der Waals surface area (Å²) in [5.41, 5.74) is 1.17. The lowest BCUT2D eigenvalue weighted by Crippen LogP contribution is -1.97. The van der Waals surface area contributed by atoms with Crippen molar-refractivity contribution in [2.45, 2.75) is 51.3 Å². The van der Waals surface area contributed by atoms with Gasteiger partial charge in [-0.25, -0.2) is 0 Å². The quantitative estimate of drug-likeness (QED) is 0.412. The fourth-order valence-electron chi connectivity index (χ4n) is 1.78. The Kier molecular flexibility index (Phi) is 7.76. The summed E-state index contributed by atoms with van der Waals surface area (Å²) in [6.45, 7) is 5.06. The van der Waals surface area contributed by atoms with E-state index >= 15 is 0 Å². The molecule has 0 aliphatic carbocycles. The molecule has 1 aromatic carbocycles. The van der Waals surface area contributed by atoms with Crippen LogP contribution < -0.4 is 4.74 Å². The number of benzene rings is 1. The molecule has 0 N–H and O–H groups in total. The normalized spacial score (nSPS) is 12.4. The predicted octanol–water partition coefficient (Wildman–Crippen LogP) is 6.10. The van der Waals surface area contributed by atoms with Crippen LogP contribution >= 0.6 is 27.5 Å². The molecular weight excluding hydrogens is 312 g/mol. The minimum Gasteiger partial charge on any atom is -0.492 e. The standard InChI is InChI=1S/C15H22BrClO/c1-3-5-6-7-14(17)12-8-9-15(13(16)11-12)18-10-4-2/h8-9,11,14H,3-7,10H2,1-2H3. The van der Waals surface area contributed by atoms with Crippen molar-refractivity contribution >= 4 is 27.5 Å². The Morgan fingerprint density at radius 1 is 1.22 bits per heavy atom. The number of hydrogen-bond donors (Lipinski definition) is 0. The zero-order chi connectivity index (χ0) is 13.4. The highest BCUT2D eigenvalue weighted by atomic mass is 79.9. The molecule has 0 aliphatic rings. The van der Waals surface area contributed by atoms with Gasteiger partial charge in [0, 0.05) is 0 Å². The van der Waals surface area contributed by atoms with Gasteiger partial charge >= 0.3 is 0 Å². The maximum absolute atomic E-state index is 6.41. The molecular formula is C15H22BrClO. The highest BCUT2D eigenvalue weighted by molar-refractivity contribution is 9.10. The molecule has 18 heavy (non-hydrogen) atoms. The monoisotopic (exact) mass is 332 g/mol. The summed E-state index contributed by atoms with van der Waals surface area (Å²) < 4.78 is 6.62. The molecule has 0 aromatic heterocycles. The van der Waals surface area contributed by atoms with Crippen LogP contribution in [0.15, 0.2) is 22.7 Å². The van der Waals surface area contributed by atoms with Crippen LogP contribution in [-0.4, -0.2) is 6.61 Å². The molecule has 1 unspecified atom stereocenters. The van der Waals surface area contributed by atoms with Gasteiger partial charge in [0.1, 0.15) is 5.75 Å². The van der Waals surface area contributed by atoms with Crippen molar-refractivity contribution in [1.29, 1.82) is 0 Å². The zero-order valence-electron chi connectivity index (χ0n) is 11.2. The third-order valence-electron chi connectivity index (χ3n) is 2.84. The van der Waals surface area contributed by atoms with E-state index in [1.807, 2.05) is 6.07 Å². The van der Waals surface area contributed by atoms with Gasteiger partial charge < -0.3 is 4.74 Å². The number of rotatable bonds is 8. The van der Waals surface area contributed by atoms with Crippen LogP contribution in [0.1, 0.15) is 56.9 Å². The van der Waals surface area contributed by atoms with Crippen LogP contribution in [-0.2, 0) is 0 Å². The summed E-state index contributed by atoms with van der Waals surface area (Å²) in [7, 11) is 0. The van der Waals surface area contributed by atoms with E-state index in [1.54, 1.807) is 0 Å². The highest BCUT2D eigenvalue weighted by Gasteiger charge is 2.10. The average Bonchev–Trinajstić information content (AvgIpc) is 2.37. The predicted molar refractivity (Wildman–Crippen MR) is 82.7 cm³/mol. The molecule has 0 spiro atoms. The fourth-order valence-corrected chi connectivity index (χ4v) is 2.58. The number of unbranched alkanes of at least 4 members (excludes halogenated alkanes) is 2. The second-order valence-corrected chi connectivity index (χ2v) is 5.88. The van der Waals surface area contributed by atoms with Gasteiger partial charge in [-0.2, -0.15) is 0 Å². The van der Waals surface area contributed by atoms with Gasteiger partial charge in [0.25, 0.3) is 0 Å². The van der Waals surface area contributed by atoms with E-state index in [-0.39, 0.29) is 5.38 Å². The molecule has 102 valence electrons. The van der Waals surface area contributed by atoms with Gasteiger partial charge in [0.2, 0.25) is 0 Å². The molecule has 0 fully saturated rings. The first-order chi connectivity index (χ1) is 8.69. The van der Waals surface area contributed by atoms with Crippen LogP contribution in [0.4, 0.5) is 0 Å². The average molecular weight is 334 g/mol. The van der Waals surface area contributed by atoms with Gasteiger partial charge in [-0.3, -0.25) is 0 Å². The van der Waals surface area contributed by atoms with Crippen molar-refractivity contribution in [2.75, 3.05) is 6.61 Å². The van der Waals surface area contributed by atoms with E-state index < -0.39 is 0 Å². The van der Waals surface area contributed by atoms with E-state index in [0.29, 0.717) is 0 Å². The summed E-state index contributed by atoms with van der Waals surface area (Å²) >= 11 is 9.95. The largest absolute Gasteiger partial charge is 0.492 e. The first-order valence-corrected chi connectivity index (χ1v) is 7.98. The lowest BCUT2D eigenvalue weighted by Gasteiger charge is -2.12. The summed E-state index contributed by atoms with van der Waals surface area (Å²) in [5.74, 6) is 0.901. The van der Waals surface area contributed by atoms with E-state index in [2.05, 4.69) is 41.9 Å². The number of halogens is 2. The smallest absolute Gasteiger partial charge is 0.133 e. The van der Waals surface area contributed by atoms with Gasteiger partial charge in [0.15, 0.2) is 0 Å². The Morgan fingerprint density at radius 3 is 2.61 bits per heavy atom. The topological polar surface area (TPSA) is 9.23 Å². The van der Waals surface area contributed by atoms with E-state index in [9.17, 15) is 0 Å². The molecule has 0 radical (unpaired) electrons.